The number of fused-ring (bicyclic) bond motifs is 2. The number of piperidine rings is 3. The number of nitrogens with one attached hydrogen (secondary N) is 1. The van der Waals surface area contributed by atoms with E-state index in [0.717, 1.165) is 31.6 Å². The topological polar surface area (TPSA) is 63.4 Å². The number of hydrogen-bond acceptors (Lipinski definition) is 3. The third-order valence-corrected chi connectivity index (χ3v) is 4.89. The highest BCUT2D eigenvalue weighted by Gasteiger charge is 2.68. The maximum Gasteiger partial charge on any atom is 0.285 e. The number of rotatable bonds is 1. The van der Waals surface area contributed by atoms with E-state index in [1.165, 1.54) is 4.90 Å². The van der Waals surface area contributed by atoms with Crippen molar-refractivity contribution in [3.63, 3.8) is 0 Å². The minimum atomic E-state index is -0.950. The van der Waals surface area contributed by atoms with Crippen molar-refractivity contribution >= 4 is 0 Å². The minimum absolute atomic E-state index is 0.120. The second kappa shape index (κ2) is 3.74. The van der Waals surface area contributed by atoms with Gasteiger partial charge in [0.1, 0.15) is 5.69 Å². The second-order valence-electron chi connectivity index (χ2n) is 5.70. The van der Waals surface area contributed by atoms with Gasteiger partial charge in [0.15, 0.2) is 0 Å². The van der Waals surface area contributed by atoms with Crippen molar-refractivity contribution < 1.29 is 20.3 Å². The largest absolute Gasteiger partial charge is 0.356 e. The van der Waals surface area contributed by atoms with E-state index in [9.17, 15) is 5.11 Å². The molecule has 0 aliphatic carbocycles. The highest BCUT2D eigenvalue weighted by Crippen LogP contribution is 2.38. The predicted octanol–water partition coefficient (Wildman–Crippen LogP) is -2.00. The van der Waals surface area contributed by atoms with E-state index in [-0.39, 0.29) is 12.1 Å². The number of aliphatic hydroxyl groups is 1. The number of nitrogens with two attached hydrogens (primary N) is 1. The van der Waals surface area contributed by atoms with Crippen LogP contribution in [0.3, 0.4) is 0 Å². The van der Waals surface area contributed by atoms with Gasteiger partial charge in [-0.3, -0.25) is 4.98 Å². The molecule has 96 valence electrons. The lowest BCUT2D eigenvalue weighted by atomic mass is 9.75. The summed E-state index contributed by atoms with van der Waals surface area (Å²) in [6.45, 7) is 2.30. The zero-order chi connectivity index (χ0) is 12.2. The third-order valence-electron chi connectivity index (χ3n) is 4.89. The summed E-state index contributed by atoms with van der Waals surface area (Å²) in [7, 11) is 0. The molecular weight excluding hydrogens is 230 g/mol. The van der Waals surface area contributed by atoms with Gasteiger partial charge in [0.05, 0.1) is 13.1 Å². The number of pyridine rings is 1. The first kappa shape index (κ1) is 10.9. The summed E-state index contributed by atoms with van der Waals surface area (Å²) in [5, 5.41) is 10.8. The number of quaternary nitrogens is 2. The average Bonchev–Trinajstić information content (AvgIpc) is 2.81. The van der Waals surface area contributed by atoms with Crippen molar-refractivity contribution in [1.29, 1.82) is 0 Å². The molecule has 4 saturated heterocycles. The molecule has 1 aromatic heterocycles. The first-order valence-corrected chi connectivity index (χ1v) is 6.78. The van der Waals surface area contributed by atoms with Crippen molar-refractivity contribution in [3.8, 4) is 0 Å². The molecule has 5 heteroatoms. The van der Waals surface area contributed by atoms with Gasteiger partial charge < -0.3 is 10.0 Å². The first-order chi connectivity index (χ1) is 8.79. The molecule has 5 rings (SSSR count). The summed E-state index contributed by atoms with van der Waals surface area (Å²) in [5.41, 5.74) is 2.83. The lowest BCUT2D eigenvalue weighted by molar-refractivity contribution is -0.958. The first-order valence-electron chi connectivity index (χ1n) is 6.78. The quantitative estimate of drug-likeness (QED) is 0.539. The molecular formula is C13H19N3O2+2. The van der Waals surface area contributed by atoms with E-state index in [4.69, 9.17) is 4.84 Å². The van der Waals surface area contributed by atoms with Gasteiger partial charge in [-0.05, 0) is 12.1 Å². The zero-order valence-electron chi connectivity index (χ0n) is 10.2. The molecule has 5 nitrogen and oxygen atoms in total. The van der Waals surface area contributed by atoms with Gasteiger partial charge in [-0.2, -0.15) is 10.3 Å². The van der Waals surface area contributed by atoms with Crippen LogP contribution < -0.4 is 10.4 Å². The molecule has 0 aromatic carbocycles. The van der Waals surface area contributed by atoms with Crippen LogP contribution in [0, 0.1) is 5.92 Å². The molecule has 4 aliphatic rings. The van der Waals surface area contributed by atoms with Crippen LogP contribution >= 0.6 is 0 Å². The Bertz CT molecular complexity index is 447. The Morgan fingerprint density at radius 2 is 2.22 bits per heavy atom. The summed E-state index contributed by atoms with van der Waals surface area (Å²) in [4.78, 5) is 11.6. The molecule has 4 fully saturated rings. The standard InChI is InChI=1S/C13H17N3O2/c17-13-9-4-7-16(8-5-9)12(13)11(15-18-13)10-3-1-2-6-14-10/h1-3,6,9,11-12,15,17H,4-5,7-8H2/p+2. The van der Waals surface area contributed by atoms with E-state index in [1.807, 2.05) is 29.9 Å². The Hall–Kier alpha value is -1.01. The summed E-state index contributed by atoms with van der Waals surface area (Å²) >= 11 is 0. The van der Waals surface area contributed by atoms with Crippen LogP contribution in [0.5, 0.6) is 0 Å². The summed E-state index contributed by atoms with van der Waals surface area (Å²) in [6.07, 6.45) is 3.96. The molecule has 0 amide bonds. The normalized spacial score (nSPS) is 46.1. The number of hydrogen-bond donors (Lipinski definition) is 3. The van der Waals surface area contributed by atoms with E-state index in [0.29, 0.717) is 5.92 Å². The molecule has 0 radical (unpaired) electrons. The Morgan fingerprint density at radius 3 is 2.94 bits per heavy atom. The molecule has 0 spiro atoms. The fourth-order valence-electron chi connectivity index (χ4n) is 4.01. The van der Waals surface area contributed by atoms with Crippen molar-refractivity contribution in [1.82, 2.24) is 4.98 Å². The smallest absolute Gasteiger partial charge is 0.285 e. The fraction of sp³-hybridized carbons (Fsp3) is 0.615. The second-order valence-corrected chi connectivity index (χ2v) is 5.70. The lowest BCUT2D eigenvalue weighted by Gasteiger charge is -2.46. The Balaban J connectivity index is 1.72. The van der Waals surface area contributed by atoms with Gasteiger partial charge in [-0.25, -0.2) is 0 Å². The fourth-order valence-corrected chi connectivity index (χ4v) is 4.01. The maximum atomic E-state index is 10.8. The van der Waals surface area contributed by atoms with E-state index >= 15 is 0 Å². The highest BCUT2D eigenvalue weighted by atomic mass is 16.8. The number of nitrogens with zero attached hydrogens (tertiary/aromatic N) is 1. The van der Waals surface area contributed by atoms with Crippen molar-refractivity contribution in [3.05, 3.63) is 30.1 Å². The maximum absolute atomic E-state index is 10.8. The van der Waals surface area contributed by atoms with Gasteiger partial charge in [0.2, 0.25) is 12.1 Å². The van der Waals surface area contributed by atoms with Crippen LogP contribution in [0.15, 0.2) is 24.4 Å². The van der Waals surface area contributed by atoms with Gasteiger partial charge >= 0.3 is 0 Å². The molecule has 3 unspecified atom stereocenters. The van der Waals surface area contributed by atoms with Gasteiger partial charge in [-0.15, -0.1) is 0 Å². The van der Waals surface area contributed by atoms with Crippen LogP contribution in [0.25, 0.3) is 0 Å². The van der Waals surface area contributed by atoms with E-state index in [2.05, 4.69) is 4.98 Å². The zero-order valence-corrected chi connectivity index (χ0v) is 10.2. The lowest BCUT2D eigenvalue weighted by Crippen LogP contribution is -3.22. The average molecular weight is 249 g/mol. The minimum Gasteiger partial charge on any atom is -0.356 e. The number of hydroxylamine groups is 1. The molecule has 0 saturated carbocycles. The van der Waals surface area contributed by atoms with Crippen LogP contribution in [0.2, 0.25) is 0 Å². The Morgan fingerprint density at radius 1 is 1.39 bits per heavy atom. The molecule has 3 atom stereocenters. The third kappa shape index (κ3) is 1.33. The Kier molecular flexibility index (Phi) is 2.26. The van der Waals surface area contributed by atoms with E-state index < -0.39 is 5.79 Å². The van der Waals surface area contributed by atoms with Gasteiger partial charge in [0, 0.05) is 25.0 Å². The molecule has 4 N–H and O–H groups in total. The van der Waals surface area contributed by atoms with Gasteiger partial charge in [0.25, 0.3) is 5.79 Å². The van der Waals surface area contributed by atoms with Crippen LogP contribution in [0.1, 0.15) is 24.6 Å². The molecule has 18 heavy (non-hydrogen) atoms. The molecule has 5 heterocycles. The Labute approximate surface area is 106 Å². The van der Waals surface area contributed by atoms with E-state index in [1.54, 1.807) is 0 Å². The molecule has 1 aromatic rings. The van der Waals surface area contributed by atoms with Crippen LogP contribution in [-0.4, -0.2) is 35.0 Å². The van der Waals surface area contributed by atoms with Crippen LogP contribution in [-0.2, 0) is 4.84 Å². The van der Waals surface area contributed by atoms with Crippen molar-refractivity contribution in [2.24, 2.45) is 5.92 Å². The highest BCUT2D eigenvalue weighted by molar-refractivity contribution is 5.11. The van der Waals surface area contributed by atoms with Crippen molar-refractivity contribution in [2.45, 2.75) is 30.7 Å². The summed E-state index contributed by atoms with van der Waals surface area (Å²) in [5.74, 6) is -0.654. The summed E-state index contributed by atoms with van der Waals surface area (Å²) < 4.78 is 0. The monoisotopic (exact) mass is 249 g/mol. The van der Waals surface area contributed by atoms with Crippen molar-refractivity contribution in [2.75, 3.05) is 13.1 Å². The molecule has 4 aliphatic heterocycles. The summed E-state index contributed by atoms with van der Waals surface area (Å²) in [6, 6.07) is 6.19. The van der Waals surface area contributed by atoms with Crippen LogP contribution in [0.4, 0.5) is 0 Å². The van der Waals surface area contributed by atoms with Gasteiger partial charge in [-0.1, -0.05) is 6.07 Å². The molecule has 2 bridgehead atoms. The SMILES string of the molecule is OC12O[NH2+]C(c3ccccn3)C1[NH+]1CCC2CC1. The predicted molar refractivity (Wildman–Crippen MR) is 62.1 cm³/mol. The number of aromatic nitrogens is 1.